The SMILES string of the molecule is CC1CCC(N(C(=O)Nc2ncc(SCC(=O)O)s2)C2CCCCCC2)CC1. The Balaban J connectivity index is 1.68. The number of hydrogen-bond acceptors (Lipinski definition) is 5. The maximum absolute atomic E-state index is 13.3. The minimum Gasteiger partial charge on any atom is -0.481 e. The third-order valence-corrected chi connectivity index (χ3v) is 7.96. The molecule has 0 spiro atoms. The van der Waals surface area contributed by atoms with Crippen LogP contribution in [0.15, 0.2) is 10.4 Å². The predicted octanol–water partition coefficient (Wildman–Crippen LogP) is 5.46. The van der Waals surface area contributed by atoms with Crippen LogP contribution in [-0.4, -0.2) is 44.8 Å². The molecule has 6 nitrogen and oxygen atoms in total. The van der Waals surface area contributed by atoms with Gasteiger partial charge in [-0.25, -0.2) is 9.78 Å². The minimum absolute atomic E-state index is 0.00401. The summed E-state index contributed by atoms with van der Waals surface area (Å²) in [7, 11) is 0. The Morgan fingerprint density at radius 2 is 1.79 bits per heavy atom. The summed E-state index contributed by atoms with van der Waals surface area (Å²) in [6, 6.07) is 0.609. The van der Waals surface area contributed by atoms with E-state index < -0.39 is 5.97 Å². The fourth-order valence-electron chi connectivity index (χ4n) is 4.36. The number of hydrogen-bond donors (Lipinski definition) is 2. The van der Waals surface area contributed by atoms with Crippen LogP contribution < -0.4 is 5.32 Å². The zero-order valence-corrected chi connectivity index (χ0v) is 18.2. The van der Waals surface area contributed by atoms with Gasteiger partial charge in [0.1, 0.15) is 0 Å². The molecule has 0 radical (unpaired) electrons. The predicted molar refractivity (Wildman–Crippen MR) is 114 cm³/mol. The number of carboxylic acid groups (broad SMARTS) is 1. The standard InChI is InChI=1S/C20H31N3O3S2/c1-14-8-10-16(11-9-14)23(15-6-4-2-3-5-7-15)20(26)22-19-21-12-18(28-19)27-13-17(24)25/h12,14-16H,2-11,13H2,1H3,(H,24,25)(H,21,22,26). The van der Waals surface area contributed by atoms with E-state index in [2.05, 4.69) is 22.1 Å². The van der Waals surface area contributed by atoms with E-state index >= 15 is 0 Å². The molecule has 2 aliphatic rings. The fraction of sp³-hybridized carbons (Fsp3) is 0.750. The summed E-state index contributed by atoms with van der Waals surface area (Å²) in [6.45, 7) is 2.30. The van der Waals surface area contributed by atoms with Crippen molar-refractivity contribution in [1.82, 2.24) is 9.88 Å². The van der Waals surface area contributed by atoms with Gasteiger partial charge in [0.2, 0.25) is 0 Å². The molecular weight excluding hydrogens is 394 g/mol. The number of anilines is 1. The number of nitrogens with zero attached hydrogens (tertiary/aromatic N) is 2. The number of nitrogens with one attached hydrogen (secondary N) is 1. The summed E-state index contributed by atoms with van der Waals surface area (Å²) in [5, 5.41) is 12.4. The summed E-state index contributed by atoms with van der Waals surface area (Å²) in [5.74, 6) is -0.0950. The van der Waals surface area contributed by atoms with E-state index in [1.807, 2.05) is 0 Å². The summed E-state index contributed by atoms with van der Waals surface area (Å²) in [5.41, 5.74) is 0. The van der Waals surface area contributed by atoms with Crippen molar-refractivity contribution >= 4 is 40.2 Å². The molecule has 0 unspecified atom stereocenters. The van der Waals surface area contributed by atoms with Gasteiger partial charge in [0.15, 0.2) is 5.13 Å². The molecule has 8 heteroatoms. The Morgan fingerprint density at radius 1 is 1.14 bits per heavy atom. The average molecular weight is 426 g/mol. The molecule has 0 aliphatic heterocycles. The van der Waals surface area contributed by atoms with Crippen molar-refractivity contribution in [2.45, 2.75) is 87.4 Å². The van der Waals surface area contributed by atoms with Gasteiger partial charge < -0.3 is 10.0 Å². The van der Waals surface area contributed by atoms with Gasteiger partial charge in [-0.3, -0.25) is 10.1 Å². The maximum Gasteiger partial charge on any atom is 0.324 e. The van der Waals surface area contributed by atoms with E-state index in [-0.39, 0.29) is 11.8 Å². The van der Waals surface area contributed by atoms with Crippen molar-refractivity contribution in [2.75, 3.05) is 11.1 Å². The smallest absolute Gasteiger partial charge is 0.324 e. The van der Waals surface area contributed by atoms with Crippen LogP contribution in [0.4, 0.5) is 9.93 Å². The third kappa shape index (κ3) is 6.11. The molecule has 0 bridgehead atoms. The number of amides is 2. The molecule has 1 aromatic rings. The number of carboxylic acids is 1. The molecule has 2 amide bonds. The highest BCUT2D eigenvalue weighted by Gasteiger charge is 2.33. The van der Waals surface area contributed by atoms with Gasteiger partial charge in [0.25, 0.3) is 0 Å². The number of carbonyl (C=O) groups excluding carboxylic acids is 1. The lowest BCUT2D eigenvalue weighted by Gasteiger charge is -2.40. The molecule has 1 aromatic heterocycles. The number of aromatic nitrogens is 1. The maximum atomic E-state index is 13.3. The number of thiazole rings is 1. The van der Waals surface area contributed by atoms with E-state index in [1.54, 1.807) is 6.20 Å². The average Bonchev–Trinajstić information content (AvgIpc) is 2.94. The van der Waals surface area contributed by atoms with Crippen molar-refractivity contribution in [3.8, 4) is 0 Å². The first-order valence-electron chi connectivity index (χ1n) is 10.4. The molecule has 156 valence electrons. The zero-order chi connectivity index (χ0) is 19.9. The van der Waals surface area contributed by atoms with Crippen molar-refractivity contribution in [2.24, 2.45) is 5.92 Å². The van der Waals surface area contributed by atoms with Crippen molar-refractivity contribution in [3.63, 3.8) is 0 Å². The molecule has 2 N–H and O–H groups in total. The number of urea groups is 1. The summed E-state index contributed by atoms with van der Waals surface area (Å²) in [6.07, 6.45) is 13.3. The Morgan fingerprint density at radius 3 is 2.43 bits per heavy atom. The highest BCUT2D eigenvalue weighted by atomic mass is 32.2. The molecule has 2 saturated carbocycles. The number of thioether (sulfide) groups is 1. The van der Waals surface area contributed by atoms with Crippen LogP contribution in [0.2, 0.25) is 0 Å². The molecule has 0 saturated heterocycles. The highest BCUT2D eigenvalue weighted by Crippen LogP contribution is 2.33. The Bertz CT molecular complexity index is 651. The molecule has 28 heavy (non-hydrogen) atoms. The van der Waals surface area contributed by atoms with Crippen LogP contribution in [0.3, 0.4) is 0 Å². The summed E-state index contributed by atoms with van der Waals surface area (Å²) >= 11 is 2.58. The van der Waals surface area contributed by atoms with Gasteiger partial charge in [-0.15, -0.1) is 11.8 Å². The molecule has 0 aromatic carbocycles. The minimum atomic E-state index is -0.852. The zero-order valence-electron chi connectivity index (χ0n) is 16.6. The second-order valence-electron chi connectivity index (χ2n) is 8.06. The molecule has 1 heterocycles. The number of rotatable bonds is 6. The van der Waals surface area contributed by atoms with E-state index in [4.69, 9.17) is 5.11 Å². The second kappa shape index (κ2) is 10.5. The van der Waals surface area contributed by atoms with E-state index in [1.165, 1.54) is 61.6 Å². The lowest BCUT2D eigenvalue weighted by atomic mass is 9.85. The van der Waals surface area contributed by atoms with Gasteiger partial charge >= 0.3 is 12.0 Å². The van der Waals surface area contributed by atoms with Crippen molar-refractivity contribution < 1.29 is 14.7 Å². The lowest BCUT2D eigenvalue weighted by Crippen LogP contribution is -2.50. The van der Waals surface area contributed by atoms with Gasteiger partial charge in [-0.1, -0.05) is 43.9 Å². The molecular formula is C20H31N3O3S2. The first kappa shape index (κ1) is 21.4. The molecule has 0 atom stereocenters. The first-order chi connectivity index (χ1) is 13.5. The van der Waals surface area contributed by atoms with Crippen LogP contribution in [0.1, 0.15) is 71.1 Å². The van der Waals surface area contributed by atoms with Crippen LogP contribution in [0.25, 0.3) is 0 Å². The van der Waals surface area contributed by atoms with E-state index in [9.17, 15) is 9.59 Å². The van der Waals surface area contributed by atoms with E-state index in [0.29, 0.717) is 17.2 Å². The van der Waals surface area contributed by atoms with Gasteiger partial charge in [-0.2, -0.15) is 0 Å². The third-order valence-electron chi connectivity index (χ3n) is 5.87. The quantitative estimate of drug-likeness (QED) is 0.467. The van der Waals surface area contributed by atoms with E-state index in [0.717, 1.165) is 35.8 Å². The number of aliphatic carboxylic acids is 1. The second-order valence-corrected chi connectivity index (χ2v) is 10.4. The Kier molecular flexibility index (Phi) is 8.02. The van der Waals surface area contributed by atoms with Crippen LogP contribution in [-0.2, 0) is 4.79 Å². The van der Waals surface area contributed by atoms with Crippen molar-refractivity contribution in [1.29, 1.82) is 0 Å². The lowest BCUT2D eigenvalue weighted by molar-refractivity contribution is -0.133. The van der Waals surface area contributed by atoms with Crippen LogP contribution >= 0.6 is 23.1 Å². The molecule has 2 fully saturated rings. The summed E-state index contributed by atoms with van der Waals surface area (Å²) < 4.78 is 0.810. The normalized spacial score (nSPS) is 23.8. The Hall–Kier alpha value is -1.28. The van der Waals surface area contributed by atoms with Crippen LogP contribution in [0, 0.1) is 5.92 Å². The van der Waals surface area contributed by atoms with Crippen molar-refractivity contribution in [3.05, 3.63) is 6.20 Å². The topological polar surface area (TPSA) is 82.5 Å². The number of carbonyl (C=O) groups is 2. The highest BCUT2D eigenvalue weighted by molar-refractivity contribution is 8.01. The van der Waals surface area contributed by atoms with Gasteiger partial charge in [0, 0.05) is 12.1 Å². The van der Waals surface area contributed by atoms with Gasteiger partial charge in [-0.05, 0) is 44.4 Å². The largest absolute Gasteiger partial charge is 0.481 e. The first-order valence-corrected chi connectivity index (χ1v) is 12.2. The van der Waals surface area contributed by atoms with Gasteiger partial charge in [0.05, 0.1) is 16.2 Å². The fourth-order valence-corrected chi connectivity index (χ4v) is 5.94. The molecule has 3 rings (SSSR count). The monoisotopic (exact) mass is 425 g/mol. The van der Waals surface area contributed by atoms with Crippen LogP contribution in [0.5, 0.6) is 0 Å². The summed E-state index contributed by atoms with van der Waals surface area (Å²) in [4.78, 5) is 30.4. The Labute approximate surface area is 175 Å². The molecule has 2 aliphatic carbocycles.